The highest BCUT2D eigenvalue weighted by atomic mass is 15.1. The largest absolute Gasteiger partial charge is 0.309 e. The van der Waals surface area contributed by atoms with Gasteiger partial charge in [-0.2, -0.15) is 10.5 Å². The molecule has 8 heteroatoms. The molecule has 598 valence electrons. The summed E-state index contributed by atoms with van der Waals surface area (Å²) in [5, 5.41) is 35.1. The molecule has 0 saturated carbocycles. The van der Waals surface area contributed by atoms with Crippen LogP contribution in [0, 0.1) is 36.5 Å². The van der Waals surface area contributed by atoms with Crippen LogP contribution in [0.5, 0.6) is 0 Å². The van der Waals surface area contributed by atoms with E-state index in [4.69, 9.17) is 0 Å². The van der Waals surface area contributed by atoms with Crippen LogP contribution in [0.2, 0.25) is 0 Å². The minimum atomic E-state index is -0.326. The number of nitrogens with zero attached hydrogens (tertiary/aromatic N) is 8. The number of hydrogen-bond acceptors (Lipinski definition) is 2. The summed E-state index contributed by atoms with van der Waals surface area (Å²) in [5.41, 5.74) is 33.3. The van der Waals surface area contributed by atoms with Crippen LogP contribution in [0.15, 0.2) is 322 Å². The fourth-order valence-corrected chi connectivity index (χ4v) is 20.5. The van der Waals surface area contributed by atoms with Crippen molar-refractivity contribution in [2.75, 3.05) is 0 Å². The molecule has 0 bridgehead atoms. The number of aryl methyl sites for hydroxylation is 2. The monoisotopic (exact) mass is 1600 g/mol. The lowest BCUT2D eigenvalue weighted by atomic mass is 9.78. The molecule has 0 aliphatic carbocycles. The second-order valence-electron chi connectivity index (χ2n) is 38.3. The van der Waals surface area contributed by atoms with Gasteiger partial charge in [0, 0.05) is 76.0 Å². The molecule has 22 aromatic rings. The molecule has 6 heterocycles. The Morgan fingerprint density at radius 3 is 0.895 bits per heavy atom. The number of nitriles is 2. The molecule has 22 rings (SSSR count). The van der Waals surface area contributed by atoms with Gasteiger partial charge >= 0.3 is 0 Å². The number of para-hydroxylation sites is 5. The van der Waals surface area contributed by atoms with Crippen LogP contribution in [-0.2, 0) is 28.1 Å². The van der Waals surface area contributed by atoms with E-state index in [1.807, 2.05) is 36.4 Å². The van der Waals surface area contributed by atoms with E-state index < -0.39 is 0 Å². The summed E-state index contributed by atoms with van der Waals surface area (Å²) >= 11 is 0. The fourth-order valence-electron chi connectivity index (χ4n) is 20.5. The first-order valence-corrected chi connectivity index (χ1v) is 43.4. The second kappa shape index (κ2) is 27.7. The van der Waals surface area contributed by atoms with Gasteiger partial charge in [0.25, 0.3) is 0 Å². The Morgan fingerprint density at radius 1 is 0.234 bits per heavy atom. The second-order valence-corrected chi connectivity index (χ2v) is 38.3. The van der Waals surface area contributed by atoms with E-state index in [1.165, 1.54) is 70.9 Å². The summed E-state index contributed by atoms with van der Waals surface area (Å²) in [6.07, 6.45) is 0.790. The highest BCUT2D eigenvalue weighted by Gasteiger charge is 2.31. The van der Waals surface area contributed by atoms with Crippen molar-refractivity contribution in [2.24, 2.45) is 0 Å². The van der Waals surface area contributed by atoms with Crippen molar-refractivity contribution in [2.45, 2.75) is 118 Å². The van der Waals surface area contributed by atoms with Crippen LogP contribution >= 0.6 is 0 Å². The van der Waals surface area contributed by atoms with Crippen molar-refractivity contribution in [3.63, 3.8) is 0 Å². The Kier molecular flexibility index (Phi) is 16.8. The number of fused-ring (bicyclic) bond motifs is 18. The molecule has 0 fully saturated rings. The summed E-state index contributed by atoms with van der Waals surface area (Å²) in [6.45, 7) is 30.1. The zero-order valence-electron chi connectivity index (χ0n) is 72.4. The average Bonchev–Trinajstić information content (AvgIpc) is 1.55. The van der Waals surface area contributed by atoms with Gasteiger partial charge in [0.15, 0.2) is 0 Å². The predicted molar refractivity (Wildman–Crippen MR) is 522 cm³/mol. The molecule has 0 spiro atoms. The molecular formula is C116H94N8. The maximum Gasteiger partial charge on any atom is 0.0991 e. The lowest BCUT2D eigenvalue weighted by Gasteiger charge is -2.26. The van der Waals surface area contributed by atoms with E-state index in [9.17, 15) is 10.5 Å². The van der Waals surface area contributed by atoms with Crippen LogP contribution in [0.1, 0.15) is 126 Å². The third-order valence-corrected chi connectivity index (χ3v) is 26.9. The SMILES string of the molecule is Cc1cc(-n2c3ccc(C(C)(C)C)cc3c3cc(C(C)(C)C)ccc32)c(-n2c3ccc(C(C)(C)C)cc3c3cc(C(C)(C)Cc4ccc5c(c4)c4ccccc4n5-c4ccc5c6ccccc6n(-c6cc(C)c(-c7cccc(C#N)c7)cc6-n6c7ccccc7c7ccc(-n8c9ccccc9c9ccccc98)cc76)c5c4)ccc32)cc1-c1cccc(C#N)c1. The third-order valence-electron chi connectivity index (χ3n) is 26.9. The van der Waals surface area contributed by atoms with Crippen molar-refractivity contribution in [1.82, 2.24) is 27.4 Å². The molecule has 8 nitrogen and oxygen atoms in total. The molecule has 0 aliphatic rings. The van der Waals surface area contributed by atoms with Crippen molar-refractivity contribution < 1.29 is 0 Å². The van der Waals surface area contributed by atoms with E-state index in [1.54, 1.807) is 0 Å². The lowest BCUT2D eigenvalue weighted by Crippen LogP contribution is -2.20. The molecule has 124 heavy (non-hydrogen) atoms. The Balaban J connectivity index is 0.696. The number of aromatic nitrogens is 6. The Hall–Kier alpha value is -14.7. The summed E-state index contributed by atoms with van der Waals surface area (Å²) in [7, 11) is 0. The average molecular weight is 1600 g/mol. The minimum Gasteiger partial charge on any atom is -0.309 e. The molecule has 0 atom stereocenters. The Morgan fingerprint density at radius 2 is 0.524 bits per heavy atom. The highest BCUT2D eigenvalue weighted by molar-refractivity contribution is 6.17. The van der Waals surface area contributed by atoms with Crippen LogP contribution in [0.4, 0.5) is 0 Å². The molecule has 0 radical (unpaired) electrons. The maximum absolute atomic E-state index is 10.4. The van der Waals surface area contributed by atoms with Gasteiger partial charge in [-0.05, 0) is 267 Å². The third kappa shape index (κ3) is 11.8. The van der Waals surface area contributed by atoms with Gasteiger partial charge in [0.2, 0.25) is 0 Å². The summed E-state index contributed by atoms with van der Waals surface area (Å²) in [4.78, 5) is 0. The topological polar surface area (TPSA) is 77.2 Å². The summed E-state index contributed by atoms with van der Waals surface area (Å²) in [5.74, 6) is 0. The van der Waals surface area contributed by atoms with Gasteiger partial charge < -0.3 is 27.4 Å². The predicted octanol–water partition coefficient (Wildman–Crippen LogP) is 30.4. The number of benzene rings is 16. The van der Waals surface area contributed by atoms with E-state index >= 15 is 0 Å². The van der Waals surface area contributed by atoms with Crippen LogP contribution in [0.3, 0.4) is 0 Å². The van der Waals surface area contributed by atoms with E-state index in [-0.39, 0.29) is 21.7 Å². The summed E-state index contributed by atoms with van der Waals surface area (Å²) < 4.78 is 15.0. The van der Waals surface area contributed by atoms with Crippen molar-refractivity contribution in [3.05, 3.63) is 372 Å². The van der Waals surface area contributed by atoms with Gasteiger partial charge in [-0.3, -0.25) is 0 Å². The minimum absolute atomic E-state index is 0.0599. The Bertz CT molecular complexity index is 8290. The normalized spacial score (nSPS) is 12.6. The maximum atomic E-state index is 10.4. The first kappa shape index (κ1) is 75.5. The highest BCUT2D eigenvalue weighted by Crippen LogP contribution is 2.49. The van der Waals surface area contributed by atoms with Crippen LogP contribution in [-0.4, -0.2) is 27.4 Å². The molecule has 0 aliphatic heterocycles. The number of hydrogen-bond donors (Lipinski definition) is 0. The van der Waals surface area contributed by atoms with Gasteiger partial charge in [-0.15, -0.1) is 0 Å². The van der Waals surface area contributed by atoms with E-state index in [0.29, 0.717) is 11.1 Å². The van der Waals surface area contributed by atoms with Crippen molar-refractivity contribution >= 4 is 131 Å². The van der Waals surface area contributed by atoms with Crippen LogP contribution in [0.25, 0.3) is 187 Å². The Labute approximate surface area is 722 Å². The summed E-state index contributed by atoms with van der Waals surface area (Å²) in [6, 6.07) is 125. The van der Waals surface area contributed by atoms with E-state index in [0.717, 1.165) is 162 Å². The molecule has 0 amide bonds. The fraction of sp³-hybridized carbons (Fsp3) is 0.155. The molecule has 0 saturated heterocycles. The zero-order valence-corrected chi connectivity index (χ0v) is 72.4. The lowest BCUT2D eigenvalue weighted by molar-refractivity contribution is 0.523. The molecule has 6 aromatic heterocycles. The van der Waals surface area contributed by atoms with Crippen LogP contribution < -0.4 is 0 Å². The van der Waals surface area contributed by atoms with Gasteiger partial charge in [0.1, 0.15) is 0 Å². The zero-order chi connectivity index (χ0) is 84.9. The number of rotatable bonds is 11. The molecule has 0 unspecified atom stereocenters. The standard InChI is InChI=1S/C116H94N8/c1-70-54-109(121-103-50-41-77(113(3,4)5)59-93(103)94-60-78(114(6,7)8)42-51-104(94)121)111(65-90(70)75-28-24-26-73(56-75)68-117)122-105-52-43-79(115(9,10)11)61-95(105)96-62-80(44-53-106(96)122)116(12,13)67-72-40-49-102-92(58-72)87-34-18-21-37-99(87)120(102)82-46-48-88-85-32-16-22-38-100(85)123(107(88)64-82)110-55-71(2)91(76-29-25-27-74(57-76)69-118)66-112(110)124-101-39-23-17-33-86(101)89-47-45-81(63-108(89)124)119-97-35-19-14-30-83(97)84-31-15-20-36-98(84)119/h14-66H,67H2,1-13H3. The van der Waals surface area contributed by atoms with Gasteiger partial charge in [-0.1, -0.05) is 234 Å². The first-order chi connectivity index (χ1) is 59.8. The van der Waals surface area contributed by atoms with Gasteiger partial charge in [0.05, 0.1) is 112 Å². The quantitative estimate of drug-likeness (QED) is 0.129. The van der Waals surface area contributed by atoms with E-state index in [2.05, 4.69) is 415 Å². The molecule has 0 N–H and O–H groups in total. The smallest absolute Gasteiger partial charge is 0.0991 e. The van der Waals surface area contributed by atoms with Gasteiger partial charge in [-0.25, -0.2) is 0 Å². The van der Waals surface area contributed by atoms with Crippen molar-refractivity contribution in [1.29, 1.82) is 10.5 Å². The first-order valence-electron chi connectivity index (χ1n) is 43.4. The molecule has 16 aromatic carbocycles. The molecular weight excluding hydrogens is 1510 g/mol. The van der Waals surface area contributed by atoms with Crippen molar-refractivity contribution in [3.8, 4) is 68.5 Å².